The summed E-state index contributed by atoms with van der Waals surface area (Å²) in [6.07, 6.45) is 7.69. The lowest BCUT2D eigenvalue weighted by Crippen LogP contribution is -2.30. The van der Waals surface area contributed by atoms with Gasteiger partial charge in [-0.2, -0.15) is 0 Å². The van der Waals surface area contributed by atoms with Crippen LogP contribution in [0.25, 0.3) is 11.3 Å². The van der Waals surface area contributed by atoms with Crippen molar-refractivity contribution in [3.63, 3.8) is 0 Å². The van der Waals surface area contributed by atoms with E-state index in [0.717, 1.165) is 12.8 Å². The second kappa shape index (κ2) is 5.78. The topological polar surface area (TPSA) is 3.88 Å². The Labute approximate surface area is 123 Å². The number of benzene rings is 1. The van der Waals surface area contributed by atoms with Crippen LogP contribution in [0.2, 0.25) is 0 Å². The molecule has 104 valence electrons. The second-order valence-corrected chi connectivity index (χ2v) is 5.86. The molecule has 0 unspecified atom stereocenters. The summed E-state index contributed by atoms with van der Waals surface area (Å²) >= 11 is 0. The minimum absolute atomic E-state index is 0.414. The number of nitrogens with zero attached hydrogens (tertiary/aromatic N) is 1. The Kier molecular flexibility index (Phi) is 3.51. The molecule has 0 spiro atoms. The van der Waals surface area contributed by atoms with Gasteiger partial charge in [-0.15, -0.1) is 0 Å². The average molecular weight is 267 g/mol. The van der Waals surface area contributed by atoms with Crippen LogP contribution in [0.15, 0.2) is 42.6 Å². The minimum Gasteiger partial charge on any atom is -0.201 e. The summed E-state index contributed by atoms with van der Waals surface area (Å²) in [7, 11) is 2.09. The minimum atomic E-state index is -0.414. The molecule has 2 aromatic rings. The maximum absolute atomic E-state index is 9.01. The summed E-state index contributed by atoms with van der Waals surface area (Å²) in [6, 6.07) is 12.8. The van der Waals surface area contributed by atoms with Crippen molar-refractivity contribution in [3.8, 4) is 11.3 Å². The molecule has 1 aliphatic carbocycles. The van der Waals surface area contributed by atoms with E-state index in [2.05, 4.69) is 61.1 Å². The van der Waals surface area contributed by atoms with Gasteiger partial charge in [-0.05, 0) is 42.9 Å². The number of aromatic nitrogens is 1. The van der Waals surface area contributed by atoms with Gasteiger partial charge in [-0.1, -0.05) is 37.5 Å². The fourth-order valence-electron chi connectivity index (χ4n) is 3.33. The third kappa shape index (κ3) is 2.49. The van der Waals surface area contributed by atoms with Crippen LogP contribution in [0.4, 0.5) is 0 Å². The summed E-state index contributed by atoms with van der Waals surface area (Å²) in [6.45, 7) is 2.16. The van der Waals surface area contributed by atoms with E-state index in [-0.39, 0.29) is 0 Å². The van der Waals surface area contributed by atoms with Crippen molar-refractivity contribution in [2.45, 2.75) is 44.9 Å². The van der Waals surface area contributed by atoms with Crippen LogP contribution < -0.4 is 4.57 Å². The van der Waals surface area contributed by atoms with Crippen molar-refractivity contribution in [2.75, 3.05) is 0 Å². The van der Waals surface area contributed by atoms with E-state index in [1.54, 1.807) is 0 Å². The van der Waals surface area contributed by atoms with E-state index >= 15 is 0 Å². The summed E-state index contributed by atoms with van der Waals surface area (Å²) in [5.41, 5.74) is 4.95. The van der Waals surface area contributed by atoms with Crippen molar-refractivity contribution in [1.82, 2.24) is 0 Å². The van der Waals surface area contributed by atoms with Gasteiger partial charge in [0.05, 0.1) is 5.56 Å². The van der Waals surface area contributed by atoms with Crippen molar-refractivity contribution in [1.29, 1.82) is 0 Å². The highest BCUT2D eigenvalue weighted by molar-refractivity contribution is 5.66. The standard InChI is InChI=1S/C19H24N/c1-15-9-8-12-17(16-10-4-3-5-11-16)19(15)18-13-6-7-14-20(18)2/h6-9,12-14,16H,3-5,10-11H2,1-2H3/q+1/i16D. The Balaban J connectivity index is 2.19. The molecule has 1 aliphatic rings. The molecule has 0 atom stereocenters. The van der Waals surface area contributed by atoms with Gasteiger partial charge < -0.3 is 0 Å². The molecule has 1 aromatic carbocycles. The summed E-state index contributed by atoms with van der Waals surface area (Å²) < 4.78 is 11.2. The smallest absolute Gasteiger partial charge is 0.201 e. The summed E-state index contributed by atoms with van der Waals surface area (Å²) in [5, 5.41) is 0. The molecule has 0 amide bonds. The van der Waals surface area contributed by atoms with E-state index in [1.165, 1.54) is 41.6 Å². The van der Waals surface area contributed by atoms with E-state index in [1.807, 2.05) is 0 Å². The highest BCUT2D eigenvalue weighted by Gasteiger charge is 2.23. The predicted octanol–water partition coefficient (Wildman–Crippen LogP) is 4.53. The second-order valence-electron chi connectivity index (χ2n) is 5.86. The Morgan fingerprint density at radius 3 is 2.60 bits per heavy atom. The lowest BCUT2D eigenvalue weighted by atomic mass is 9.80. The fourth-order valence-corrected chi connectivity index (χ4v) is 3.33. The third-order valence-corrected chi connectivity index (χ3v) is 4.42. The van der Waals surface area contributed by atoms with Crippen molar-refractivity contribution in [2.24, 2.45) is 7.05 Å². The summed E-state index contributed by atoms with van der Waals surface area (Å²) in [5.74, 6) is -0.414. The zero-order chi connectivity index (χ0) is 14.9. The zero-order valence-corrected chi connectivity index (χ0v) is 12.5. The highest BCUT2D eigenvalue weighted by atomic mass is 14.9. The molecule has 1 heteroatoms. The van der Waals surface area contributed by atoms with Gasteiger partial charge >= 0.3 is 0 Å². The first kappa shape index (κ1) is 12.1. The Bertz CT molecular complexity index is 642. The molecular formula is C19H24N+. The SMILES string of the molecule is [2H]C1(c2cccc(C)c2-c2cccc[n+]2C)CCCCC1. The van der Waals surface area contributed by atoms with E-state index in [9.17, 15) is 0 Å². The average Bonchev–Trinajstić information content (AvgIpc) is 2.49. The van der Waals surface area contributed by atoms with Crippen molar-refractivity contribution >= 4 is 0 Å². The number of rotatable bonds is 2. The highest BCUT2D eigenvalue weighted by Crippen LogP contribution is 2.38. The van der Waals surface area contributed by atoms with Gasteiger partial charge in [0.25, 0.3) is 0 Å². The van der Waals surface area contributed by atoms with Crippen LogP contribution in [0.1, 0.15) is 50.5 Å². The van der Waals surface area contributed by atoms with Gasteiger partial charge in [0.1, 0.15) is 7.05 Å². The molecular weight excluding hydrogens is 242 g/mol. The van der Waals surface area contributed by atoms with Crippen LogP contribution in [0.3, 0.4) is 0 Å². The van der Waals surface area contributed by atoms with Gasteiger partial charge in [0, 0.05) is 13.5 Å². The quantitative estimate of drug-likeness (QED) is 0.704. The molecule has 0 bridgehead atoms. The van der Waals surface area contributed by atoms with Gasteiger partial charge in [-0.3, -0.25) is 0 Å². The Hall–Kier alpha value is -1.63. The summed E-state index contributed by atoms with van der Waals surface area (Å²) in [4.78, 5) is 0. The Morgan fingerprint density at radius 2 is 1.85 bits per heavy atom. The first-order valence-corrected chi connectivity index (χ1v) is 7.67. The molecule has 1 aromatic heterocycles. The molecule has 1 nitrogen and oxygen atoms in total. The lowest BCUT2D eigenvalue weighted by Gasteiger charge is -2.24. The normalized spacial score (nSPS) is 18.6. The lowest BCUT2D eigenvalue weighted by molar-refractivity contribution is -0.660. The van der Waals surface area contributed by atoms with Crippen molar-refractivity contribution in [3.05, 3.63) is 53.7 Å². The van der Waals surface area contributed by atoms with Gasteiger partial charge in [0.2, 0.25) is 5.69 Å². The third-order valence-electron chi connectivity index (χ3n) is 4.42. The molecule has 1 saturated carbocycles. The van der Waals surface area contributed by atoms with Crippen LogP contribution >= 0.6 is 0 Å². The number of aryl methyl sites for hydroxylation is 2. The number of hydrogen-bond donors (Lipinski definition) is 0. The fraction of sp³-hybridized carbons (Fsp3) is 0.421. The largest absolute Gasteiger partial charge is 0.212 e. The predicted molar refractivity (Wildman–Crippen MR) is 83.6 cm³/mol. The van der Waals surface area contributed by atoms with E-state index in [4.69, 9.17) is 1.37 Å². The molecule has 0 radical (unpaired) electrons. The van der Waals surface area contributed by atoms with E-state index < -0.39 is 5.89 Å². The maximum atomic E-state index is 9.01. The number of pyridine rings is 1. The zero-order valence-electron chi connectivity index (χ0n) is 13.5. The first-order valence-electron chi connectivity index (χ1n) is 8.17. The molecule has 1 heterocycles. The molecule has 0 saturated heterocycles. The van der Waals surface area contributed by atoms with Crippen molar-refractivity contribution < 1.29 is 5.94 Å². The molecule has 0 aliphatic heterocycles. The van der Waals surface area contributed by atoms with Crippen LogP contribution in [0.5, 0.6) is 0 Å². The molecule has 1 fully saturated rings. The molecule has 3 rings (SSSR count). The van der Waals surface area contributed by atoms with E-state index in [0.29, 0.717) is 0 Å². The first-order chi connectivity index (χ1) is 10.1. The van der Waals surface area contributed by atoms with Gasteiger partial charge in [0.15, 0.2) is 6.20 Å². The number of hydrogen-bond acceptors (Lipinski definition) is 0. The Morgan fingerprint density at radius 1 is 1.05 bits per heavy atom. The van der Waals surface area contributed by atoms with Crippen LogP contribution in [-0.4, -0.2) is 0 Å². The molecule has 0 N–H and O–H groups in total. The molecule has 20 heavy (non-hydrogen) atoms. The van der Waals surface area contributed by atoms with Gasteiger partial charge in [-0.25, -0.2) is 4.57 Å². The monoisotopic (exact) mass is 267 g/mol. The van der Waals surface area contributed by atoms with Crippen LogP contribution in [0, 0.1) is 6.92 Å². The maximum Gasteiger partial charge on any atom is 0.212 e. The van der Waals surface area contributed by atoms with Crippen LogP contribution in [-0.2, 0) is 7.05 Å².